The summed E-state index contributed by atoms with van der Waals surface area (Å²) in [7, 11) is 7.88. The molecule has 101 heavy (non-hydrogen) atoms. The number of likely N-dealkylation sites (N-methyl/N-ethyl adjacent to an activating group) is 6. The Hall–Kier alpha value is -6.53. The molecule has 574 valence electrons. The molecule has 0 aromatic carbocycles. The molecule has 3 heterocycles. The van der Waals surface area contributed by atoms with E-state index in [4.69, 9.17) is 0 Å². The number of carbonyl (C=O) groups excluding carboxylic acids is 11. The minimum Gasteiger partial charge on any atom is -0.343 e. The number of fused-ring (bicyclic) bond motifs is 2. The lowest BCUT2D eigenvalue weighted by atomic mass is 9.76. The molecule has 3 saturated carbocycles. The highest BCUT2D eigenvalue weighted by molar-refractivity contribution is 6.00. The smallest absolute Gasteiger partial charge is 0.343 e. The van der Waals surface area contributed by atoms with Crippen LogP contribution in [0.5, 0.6) is 0 Å². The summed E-state index contributed by atoms with van der Waals surface area (Å²) in [5, 5.41) is 7.92. The van der Waals surface area contributed by atoms with Crippen molar-refractivity contribution in [2.75, 3.05) is 61.9 Å². The van der Waals surface area contributed by atoms with Crippen LogP contribution in [0.25, 0.3) is 0 Å². The van der Waals surface area contributed by atoms with Crippen molar-refractivity contribution in [3.8, 4) is 0 Å². The van der Waals surface area contributed by atoms with E-state index >= 15 is 27.2 Å². The van der Waals surface area contributed by atoms with Crippen molar-refractivity contribution in [3.05, 3.63) is 0 Å². The van der Waals surface area contributed by atoms with Gasteiger partial charge in [0.1, 0.15) is 72.1 Å². The second kappa shape index (κ2) is 33.9. The second-order valence-electron chi connectivity index (χ2n) is 30.3. The summed E-state index contributed by atoms with van der Waals surface area (Å²) in [4.78, 5) is 171. The first-order valence-electron chi connectivity index (χ1n) is 35.7. The lowest BCUT2D eigenvalue weighted by Crippen LogP contribution is -2.65. The van der Waals surface area contributed by atoms with Crippen LogP contribution >= 0.6 is 0 Å². The van der Waals surface area contributed by atoms with E-state index in [0.717, 1.165) is 26.6 Å². The molecule has 2 unspecified atom stereocenters. The van der Waals surface area contributed by atoms with Crippen molar-refractivity contribution < 1.29 is 96.6 Å². The van der Waals surface area contributed by atoms with Gasteiger partial charge >= 0.3 is 12.4 Å². The van der Waals surface area contributed by atoms with E-state index in [1.807, 2.05) is 13.8 Å². The number of nitrogens with one attached hydrogen (secondary N) is 3. The normalized spacial score (nSPS) is 32.9. The van der Waals surface area contributed by atoms with Crippen molar-refractivity contribution in [3.63, 3.8) is 0 Å². The van der Waals surface area contributed by atoms with E-state index in [9.17, 15) is 69.5 Å². The van der Waals surface area contributed by atoms with Crippen molar-refractivity contribution in [2.24, 2.45) is 41.4 Å². The molecule has 32 heteroatoms. The highest BCUT2D eigenvalue weighted by Gasteiger charge is 2.57. The van der Waals surface area contributed by atoms with Gasteiger partial charge in [-0.15, -0.1) is 0 Å². The van der Waals surface area contributed by atoms with Gasteiger partial charge in [-0.3, -0.25) is 52.7 Å². The van der Waals surface area contributed by atoms with Crippen LogP contribution in [0, 0.1) is 41.4 Å². The topological polar surface area (TPSA) is 250 Å². The van der Waals surface area contributed by atoms with Crippen molar-refractivity contribution in [1.29, 1.82) is 0 Å². The van der Waals surface area contributed by atoms with Gasteiger partial charge in [0.15, 0.2) is 0 Å². The van der Waals surface area contributed by atoms with E-state index in [-0.39, 0.29) is 76.7 Å². The molecule has 11 amide bonds. The first-order chi connectivity index (χ1) is 46.8. The van der Waals surface area contributed by atoms with Gasteiger partial charge in [-0.2, -0.15) is 26.3 Å². The van der Waals surface area contributed by atoms with E-state index in [1.54, 1.807) is 34.6 Å². The van der Waals surface area contributed by atoms with Gasteiger partial charge in [0.2, 0.25) is 65.0 Å². The van der Waals surface area contributed by atoms with E-state index in [1.165, 1.54) is 56.9 Å². The van der Waals surface area contributed by atoms with Gasteiger partial charge in [0.05, 0.1) is 19.0 Å². The van der Waals surface area contributed by atoms with Crippen molar-refractivity contribution in [1.82, 2.24) is 55.1 Å². The zero-order valence-corrected chi connectivity index (χ0v) is 60.8. The molecular formula is C69H107F10N11O11. The number of amides is 11. The van der Waals surface area contributed by atoms with Crippen molar-refractivity contribution in [2.45, 2.75) is 268 Å². The van der Waals surface area contributed by atoms with Crippen molar-refractivity contribution >= 4 is 65.0 Å². The fraction of sp³-hybridized carbons (Fsp3) is 0.841. The molecule has 6 rings (SSSR count). The maximum Gasteiger partial charge on any atom is 0.397 e. The summed E-state index contributed by atoms with van der Waals surface area (Å²) >= 11 is 0. The third-order valence-electron chi connectivity index (χ3n) is 22.7. The van der Waals surface area contributed by atoms with Gasteiger partial charge in [0.25, 0.3) is 5.92 Å². The number of halogens is 10. The Morgan fingerprint density at radius 3 is 1.69 bits per heavy atom. The summed E-state index contributed by atoms with van der Waals surface area (Å²) < 4.78 is 146. The molecule has 3 N–H and O–H groups in total. The molecule has 6 aliphatic rings. The van der Waals surface area contributed by atoms with Crippen LogP contribution in [0.2, 0.25) is 0 Å². The van der Waals surface area contributed by atoms with Crippen LogP contribution in [0.3, 0.4) is 0 Å². The Balaban J connectivity index is 1.43. The SMILES string of the molecule is CC[C@H](C)[C@@H]1NC(=O)[C@H](CC(C)C)N(C)C(=O)C[C@@H](C)N(C)C(=O)[C@H]([C@@H](C)CC)N(C)C(=O)C2(CCCC2)NC(=O)[C@@H]2CC(F)(F)CN2C(=O)[C@H](CCC2CC(F)C(C(F)(F)F)C(F)C2)NC(=O)CN(C)C(=O)[C@H](CC2CCC(C(F)(F)F)CC2)N(C)C(=O)[C@@H]2CCN2C(=O)[C@H](C)N(C)C1=O. The molecule has 0 radical (unpaired) electrons. The van der Waals surface area contributed by atoms with E-state index in [2.05, 4.69) is 16.0 Å². The minimum atomic E-state index is -5.26. The fourth-order valence-electron chi connectivity index (χ4n) is 15.5. The molecule has 0 bridgehead atoms. The summed E-state index contributed by atoms with van der Waals surface area (Å²) in [6.45, 7) is 11.2. The number of carbonyl (C=O) groups is 11. The molecule has 0 aromatic heterocycles. The van der Waals surface area contributed by atoms with Crippen LogP contribution in [0.4, 0.5) is 43.9 Å². The summed E-state index contributed by atoms with van der Waals surface area (Å²) in [6.07, 6.45) is -19.3. The Bertz CT molecular complexity index is 2980. The zero-order valence-electron chi connectivity index (χ0n) is 60.8. The third-order valence-corrected chi connectivity index (χ3v) is 22.7. The van der Waals surface area contributed by atoms with Crippen LogP contribution in [0.15, 0.2) is 0 Å². The van der Waals surface area contributed by atoms with Crippen LogP contribution < -0.4 is 16.0 Å². The van der Waals surface area contributed by atoms with Crippen LogP contribution in [0.1, 0.15) is 177 Å². The number of hydrogen-bond acceptors (Lipinski definition) is 11. The van der Waals surface area contributed by atoms with E-state index < -0.39 is 236 Å². The van der Waals surface area contributed by atoms with Gasteiger partial charge in [-0.25, -0.2) is 17.6 Å². The van der Waals surface area contributed by atoms with Crippen LogP contribution in [-0.2, 0) is 52.7 Å². The molecular weight excluding hydrogens is 1350 g/mol. The monoisotopic (exact) mass is 1460 g/mol. The highest BCUT2D eigenvalue weighted by atomic mass is 19.4. The molecule has 6 fully saturated rings. The Labute approximate surface area is 586 Å². The zero-order chi connectivity index (χ0) is 76.0. The lowest BCUT2D eigenvalue weighted by molar-refractivity contribution is -0.219. The van der Waals surface area contributed by atoms with Gasteiger partial charge in [-0.05, 0) is 127 Å². The molecule has 3 saturated heterocycles. The van der Waals surface area contributed by atoms with Gasteiger partial charge < -0.3 is 55.1 Å². The molecule has 1 spiro atoms. The predicted molar refractivity (Wildman–Crippen MR) is 351 cm³/mol. The molecule has 13 atom stereocenters. The number of nitrogens with zero attached hydrogens (tertiary/aromatic N) is 8. The summed E-state index contributed by atoms with van der Waals surface area (Å²) in [6, 6.07) is -12.7. The predicted octanol–water partition coefficient (Wildman–Crippen LogP) is 7.20. The first-order valence-corrected chi connectivity index (χ1v) is 35.7. The number of alkyl halides is 10. The second-order valence-corrected chi connectivity index (χ2v) is 30.3. The largest absolute Gasteiger partial charge is 0.397 e. The fourth-order valence-corrected chi connectivity index (χ4v) is 15.5. The van der Waals surface area contributed by atoms with Crippen LogP contribution in [-0.4, -0.2) is 257 Å². The molecule has 0 aromatic rings. The quantitative estimate of drug-likeness (QED) is 0.175. The minimum absolute atomic E-state index is 0.00516. The Morgan fingerprint density at radius 2 is 1.17 bits per heavy atom. The number of rotatable bonds is 11. The van der Waals surface area contributed by atoms with Gasteiger partial charge in [0, 0.05) is 67.7 Å². The standard InChI is InChI=1S/C69H107F10N11O11/c1-15-38(5)55-63(99)85(11)41(8)59(95)89-28-25-48(89)62(98)87(13)50(33-42-19-22-44(23-20-42)68(74,75)76)61(97)83(9)35-52(91)80-47(24-21-43-31-45(70)54(46(71)32-43)69(77,78)79)60(96)90-36-67(72,73)34-51(90)58(94)82-66(26-17-18-27-66)65(101)88(14)56(39(6)16-2)64(100)84(10)40(7)30-53(92)86(12)49(29-37(3)4)57(93)81-55/h37-51,54-56H,15-36H2,1-14H3,(H,80,91)(H,81,93)(H,82,94)/t38-,39-,40+,41-,42?,43?,44?,45?,46?,47-,48-,49-,50-,51-,54?,55-,56-/m0/s1. The maximum atomic E-state index is 16.0. The maximum absolute atomic E-state index is 16.0. The highest BCUT2D eigenvalue weighted by Crippen LogP contribution is 2.46. The summed E-state index contributed by atoms with van der Waals surface area (Å²) in [5.41, 5.74) is -1.86. The van der Waals surface area contributed by atoms with E-state index in [0.29, 0.717) is 30.6 Å². The molecule has 3 aliphatic carbocycles. The van der Waals surface area contributed by atoms with Gasteiger partial charge in [-0.1, -0.05) is 67.2 Å². The Kier molecular flexibility index (Phi) is 28.0. The first kappa shape index (κ1) is 83.4. The third kappa shape index (κ3) is 19.7. The lowest BCUT2D eigenvalue weighted by Gasteiger charge is -2.45. The summed E-state index contributed by atoms with van der Waals surface area (Å²) in [5.74, 6) is -21.2. The average Bonchev–Trinajstić information content (AvgIpc) is 1.76. The number of hydrogen-bond donors (Lipinski definition) is 3. The molecule has 3 aliphatic heterocycles. The molecule has 22 nitrogen and oxygen atoms in total. The Morgan fingerprint density at radius 1 is 0.584 bits per heavy atom. The average molecular weight is 1460 g/mol.